The van der Waals surface area contributed by atoms with E-state index in [1.165, 1.54) is 0 Å². The van der Waals surface area contributed by atoms with Crippen LogP contribution in [0.5, 0.6) is 0 Å². The molecule has 0 saturated heterocycles. The van der Waals surface area contributed by atoms with Crippen molar-refractivity contribution in [1.29, 1.82) is 0 Å². The van der Waals surface area contributed by atoms with Gasteiger partial charge in [-0.25, -0.2) is 0 Å². The lowest BCUT2D eigenvalue weighted by molar-refractivity contribution is -0.129. The fourth-order valence-corrected chi connectivity index (χ4v) is 2.61. The van der Waals surface area contributed by atoms with Gasteiger partial charge >= 0.3 is 0 Å². The second kappa shape index (κ2) is 6.33. The van der Waals surface area contributed by atoms with Crippen LogP contribution in [0.2, 0.25) is 0 Å². The summed E-state index contributed by atoms with van der Waals surface area (Å²) in [6, 6.07) is 2.28. The zero-order chi connectivity index (χ0) is 14.6. The zero-order valence-electron chi connectivity index (χ0n) is 13.1. The standard InChI is InChI=1S/C15H27N3O/c1-7-15(8-2,17(5)6)14(19)11-13-9-10-18(16-13)12(3)4/h9-10,12H,7-8,11H2,1-6H3. The number of hydrogen-bond donors (Lipinski definition) is 0. The average molecular weight is 265 g/mol. The summed E-state index contributed by atoms with van der Waals surface area (Å²) in [6.07, 6.45) is 4.03. The van der Waals surface area contributed by atoms with E-state index in [-0.39, 0.29) is 11.3 Å². The molecule has 0 fully saturated rings. The summed E-state index contributed by atoms with van der Waals surface area (Å²) >= 11 is 0. The third-order valence-corrected chi connectivity index (χ3v) is 4.08. The highest BCUT2D eigenvalue weighted by molar-refractivity contribution is 5.89. The Balaban J connectivity index is 2.87. The lowest BCUT2D eigenvalue weighted by Gasteiger charge is -2.36. The van der Waals surface area contributed by atoms with Crippen molar-refractivity contribution in [3.63, 3.8) is 0 Å². The van der Waals surface area contributed by atoms with E-state index in [0.717, 1.165) is 18.5 Å². The number of hydrogen-bond acceptors (Lipinski definition) is 3. The van der Waals surface area contributed by atoms with Crippen molar-refractivity contribution in [3.05, 3.63) is 18.0 Å². The summed E-state index contributed by atoms with van der Waals surface area (Å²) in [4.78, 5) is 14.7. The van der Waals surface area contributed by atoms with Crippen LogP contribution in [-0.2, 0) is 11.2 Å². The van der Waals surface area contributed by atoms with Gasteiger partial charge in [-0.1, -0.05) is 13.8 Å². The number of Topliss-reactive ketones (excluding diaryl/α,β-unsaturated/α-hetero) is 1. The molecule has 1 aromatic rings. The van der Waals surface area contributed by atoms with Gasteiger partial charge in [-0.3, -0.25) is 14.4 Å². The molecule has 19 heavy (non-hydrogen) atoms. The lowest BCUT2D eigenvalue weighted by atomic mass is 9.84. The van der Waals surface area contributed by atoms with Crippen LogP contribution < -0.4 is 0 Å². The highest BCUT2D eigenvalue weighted by atomic mass is 16.1. The first-order chi connectivity index (χ1) is 8.87. The van der Waals surface area contributed by atoms with Gasteiger partial charge in [0.2, 0.25) is 0 Å². The number of aromatic nitrogens is 2. The van der Waals surface area contributed by atoms with Crippen LogP contribution >= 0.6 is 0 Å². The van der Waals surface area contributed by atoms with E-state index in [1.807, 2.05) is 31.0 Å². The molecule has 1 heterocycles. The molecule has 4 nitrogen and oxygen atoms in total. The van der Waals surface area contributed by atoms with E-state index in [1.54, 1.807) is 0 Å². The Morgan fingerprint density at radius 2 is 1.95 bits per heavy atom. The Kier molecular flexibility index (Phi) is 5.29. The fraction of sp³-hybridized carbons (Fsp3) is 0.733. The van der Waals surface area contributed by atoms with Crippen molar-refractivity contribution in [2.75, 3.05) is 14.1 Å². The molecule has 0 radical (unpaired) electrons. The molecule has 0 unspecified atom stereocenters. The van der Waals surface area contributed by atoms with Crippen molar-refractivity contribution in [2.45, 2.75) is 58.5 Å². The lowest BCUT2D eigenvalue weighted by Crippen LogP contribution is -2.51. The van der Waals surface area contributed by atoms with Gasteiger partial charge in [-0.05, 0) is 46.9 Å². The molecule has 0 aliphatic carbocycles. The number of rotatable bonds is 7. The van der Waals surface area contributed by atoms with Gasteiger partial charge in [0.05, 0.1) is 17.7 Å². The normalized spacial score (nSPS) is 12.4. The SMILES string of the molecule is CCC(CC)(C(=O)Cc1ccn(C(C)C)n1)N(C)C. The van der Waals surface area contributed by atoms with Gasteiger partial charge in [0, 0.05) is 12.2 Å². The van der Waals surface area contributed by atoms with Crippen molar-refractivity contribution in [2.24, 2.45) is 0 Å². The van der Waals surface area contributed by atoms with E-state index >= 15 is 0 Å². The predicted molar refractivity (Wildman–Crippen MR) is 78.3 cm³/mol. The van der Waals surface area contributed by atoms with E-state index in [9.17, 15) is 4.79 Å². The number of carbonyl (C=O) groups is 1. The summed E-state index contributed by atoms with van der Waals surface area (Å²) in [5.41, 5.74) is 0.508. The van der Waals surface area contributed by atoms with Crippen molar-refractivity contribution < 1.29 is 4.79 Å². The molecule has 0 bridgehead atoms. The molecular weight excluding hydrogens is 238 g/mol. The van der Waals surface area contributed by atoms with Crippen LogP contribution in [0.15, 0.2) is 12.3 Å². The Bertz CT molecular complexity index is 417. The van der Waals surface area contributed by atoms with Gasteiger partial charge in [0.25, 0.3) is 0 Å². The molecule has 1 rings (SSSR count). The second-order valence-corrected chi connectivity index (χ2v) is 5.61. The number of ketones is 1. The first-order valence-corrected chi connectivity index (χ1v) is 7.12. The monoisotopic (exact) mass is 265 g/mol. The van der Waals surface area contributed by atoms with Gasteiger partial charge in [0.1, 0.15) is 0 Å². The maximum Gasteiger partial charge on any atom is 0.159 e. The summed E-state index contributed by atoms with van der Waals surface area (Å²) in [6.45, 7) is 8.32. The summed E-state index contributed by atoms with van der Waals surface area (Å²) in [5.74, 6) is 0.261. The van der Waals surface area contributed by atoms with Gasteiger partial charge < -0.3 is 0 Å². The zero-order valence-corrected chi connectivity index (χ0v) is 13.1. The smallest absolute Gasteiger partial charge is 0.159 e. The van der Waals surface area contributed by atoms with Crippen molar-refractivity contribution >= 4 is 5.78 Å². The molecule has 108 valence electrons. The maximum atomic E-state index is 12.6. The largest absolute Gasteiger partial charge is 0.297 e. The third kappa shape index (κ3) is 3.24. The van der Waals surface area contributed by atoms with E-state index in [2.05, 4.69) is 37.7 Å². The Hall–Kier alpha value is -1.16. The van der Waals surface area contributed by atoms with E-state index in [4.69, 9.17) is 0 Å². The average Bonchev–Trinajstić information content (AvgIpc) is 2.79. The van der Waals surface area contributed by atoms with Crippen molar-refractivity contribution in [3.8, 4) is 0 Å². The molecule has 4 heteroatoms. The highest BCUT2D eigenvalue weighted by Crippen LogP contribution is 2.24. The van der Waals surface area contributed by atoms with Crippen LogP contribution in [-0.4, -0.2) is 40.1 Å². The third-order valence-electron chi connectivity index (χ3n) is 4.08. The van der Waals surface area contributed by atoms with E-state index in [0.29, 0.717) is 12.5 Å². The van der Waals surface area contributed by atoms with Crippen LogP contribution in [0.4, 0.5) is 0 Å². The Labute approximate surface area is 116 Å². The molecule has 0 N–H and O–H groups in total. The van der Waals surface area contributed by atoms with Crippen LogP contribution in [0.25, 0.3) is 0 Å². The molecule has 0 amide bonds. The molecule has 1 aromatic heterocycles. The van der Waals surface area contributed by atoms with Crippen LogP contribution in [0.1, 0.15) is 52.3 Å². The summed E-state index contributed by atoms with van der Waals surface area (Å²) < 4.78 is 1.90. The fourth-order valence-electron chi connectivity index (χ4n) is 2.61. The maximum absolute atomic E-state index is 12.6. The number of carbonyl (C=O) groups excluding carboxylic acids is 1. The molecule has 0 saturated carbocycles. The number of likely N-dealkylation sites (N-methyl/N-ethyl adjacent to an activating group) is 1. The summed E-state index contributed by atoms with van der Waals surface area (Å²) in [5, 5.41) is 4.47. The van der Waals surface area contributed by atoms with Crippen molar-refractivity contribution in [1.82, 2.24) is 14.7 Å². The van der Waals surface area contributed by atoms with Crippen LogP contribution in [0, 0.1) is 0 Å². The second-order valence-electron chi connectivity index (χ2n) is 5.61. The van der Waals surface area contributed by atoms with Crippen LogP contribution in [0.3, 0.4) is 0 Å². The number of nitrogens with zero attached hydrogens (tertiary/aromatic N) is 3. The quantitative estimate of drug-likeness (QED) is 0.761. The van der Waals surface area contributed by atoms with Gasteiger partial charge in [-0.15, -0.1) is 0 Å². The minimum atomic E-state index is -0.360. The molecule has 0 spiro atoms. The van der Waals surface area contributed by atoms with Gasteiger partial charge in [-0.2, -0.15) is 5.10 Å². The Morgan fingerprint density at radius 3 is 2.32 bits per heavy atom. The summed E-state index contributed by atoms with van der Waals surface area (Å²) in [7, 11) is 3.97. The molecule has 0 atom stereocenters. The Morgan fingerprint density at radius 1 is 1.37 bits per heavy atom. The molecular formula is C15H27N3O. The minimum Gasteiger partial charge on any atom is -0.297 e. The highest BCUT2D eigenvalue weighted by Gasteiger charge is 2.36. The first kappa shape index (κ1) is 15.9. The topological polar surface area (TPSA) is 38.1 Å². The predicted octanol–water partition coefficient (Wildman–Crippen LogP) is 2.70. The molecule has 0 aliphatic heterocycles. The minimum absolute atomic E-state index is 0.261. The molecule has 0 aromatic carbocycles. The first-order valence-electron chi connectivity index (χ1n) is 7.12. The van der Waals surface area contributed by atoms with Gasteiger partial charge in [0.15, 0.2) is 5.78 Å². The van der Waals surface area contributed by atoms with E-state index < -0.39 is 0 Å². The molecule has 0 aliphatic rings.